The van der Waals surface area contributed by atoms with Gasteiger partial charge < -0.3 is 10.4 Å². The molecule has 1 aliphatic rings. The summed E-state index contributed by atoms with van der Waals surface area (Å²) in [5.41, 5.74) is 1.80. The number of hydrogen-bond donors (Lipinski definition) is 2. The van der Waals surface area contributed by atoms with E-state index in [2.05, 4.69) is 5.32 Å². The number of anilines is 1. The number of fused-ring (bicyclic) bond motifs is 1. The van der Waals surface area contributed by atoms with E-state index >= 15 is 0 Å². The van der Waals surface area contributed by atoms with E-state index in [4.69, 9.17) is 5.11 Å². The highest BCUT2D eigenvalue weighted by Crippen LogP contribution is 2.32. The second kappa shape index (κ2) is 5.41. The number of carbonyl (C=O) groups is 2. The minimum Gasteiger partial charge on any atom is -0.480 e. The Labute approximate surface area is 109 Å². The van der Waals surface area contributed by atoms with Crippen molar-refractivity contribution >= 4 is 29.3 Å². The first-order valence-corrected chi connectivity index (χ1v) is 6.49. The molecule has 0 fully saturated rings. The average molecular weight is 266 g/mol. The van der Waals surface area contributed by atoms with Crippen molar-refractivity contribution in [3.8, 4) is 0 Å². The molecule has 1 aromatic rings. The van der Waals surface area contributed by atoms with Gasteiger partial charge in [-0.05, 0) is 24.7 Å². The lowest BCUT2D eigenvalue weighted by molar-refractivity contribution is -0.138. The van der Waals surface area contributed by atoms with Crippen molar-refractivity contribution in [1.82, 2.24) is 4.90 Å². The highest BCUT2D eigenvalue weighted by atomic mass is 32.2. The molecule has 5 nitrogen and oxygen atoms in total. The molecule has 1 aliphatic heterocycles. The Hall–Kier alpha value is -1.53. The quantitative estimate of drug-likeness (QED) is 0.858. The number of hydrogen-bond acceptors (Lipinski definition) is 4. The summed E-state index contributed by atoms with van der Waals surface area (Å²) in [6.07, 6.45) is 0. The van der Waals surface area contributed by atoms with Gasteiger partial charge in [-0.2, -0.15) is 0 Å². The molecule has 0 aliphatic carbocycles. The molecule has 0 atom stereocenters. The van der Waals surface area contributed by atoms with Crippen molar-refractivity contribution in [3.63, 3.8) is 0 Å². The summed E-state index contributed by atoms with van der Waals surface area (Å²) in [5.74, 6) is -0.395. The van der Waals surface area contributed by atoms with Crippen molar-refractivity contribution in [2.75, 3.05) is 24.7 Å². The highest BCUT2D eigenvalue weighted by Gasteiger charge is 2.15. The topological polar surface area (TPSA) is 69.6 Å². The fourth-order valence-corrected chi connectivity index (χ4v) is 2.62. The Kier molecular flexibility index (Phi) is 3.88. The second-order valence-electron chi connectivity index (χ2n) is 4.23. The third-order valence-corrected chi connectivity index (χ3v) is 3.61. The molecule has 0 saturated heterocycles. The SMILES string of the molecule is CN(CC(=O)O)Cc1ccc2c(c1)NC(=O)CS2. The molecule has 0 unspecified atom stereocenters. The lowest BCUT2D eigenvalue weighted by Gasteiger charge is -2.19. The molecule has 0 aromatic heterocycles. The van der Waals surface area contributed by atoms with Gasteiger partial charge in [0.2, 0.25) is 5.91 Å². The van der Waals surface area contributed by atoms with Crippen LogP contribution in [0.5, 0.6) is 0 Å². The molecule has 2 rings (SSSR count). The predicted octanol–water partition coefficient (Wildman–Crippen LogP) is 1.25. The van der Waals surface area contributed by atoms with Gasteiger partial charge in [0.25, 0.3) is 0 Å². The molecular weight excluding hydrogens is 252 g/mol. The van der Waals surface area contributed by atoms with Crippen LogP contribution in [0.25, 0.3) is 0 Å². The minimum absolute atomic E-state index is 0.00179. The number of nitrogens with one attached hydrogen (secondary N) is 1. The van der Waals surface area contributed by atoms with E-state index in [0.29, 0.717) is 12.3 Å². The van der Waals surface area contributed by atoms with E-state index in [1.807, 2.05) is 18.2 Å². The lowest BCUT2D eigenvalue weighted by Crippen LogP contribution is -2.25. The first kappa shape index (κ1) is 12.9. The summed E-state index contributed by atoms with van der Waals surface area (Å²) in [7, 11) is 1.75. The first-order valence-electron chi connectivity index (χ1n) is 5.50. The molecule has 6 heteroatoms. The summed E-state index contributed by atoms with van der Waals surface area (Å²) in [4.78, 5) is 24.6. The van der Waals surface area contributed by atoms with Gasteiger partial charge in [0.05, 0.1) is 18.0 Å². The summed E-state index contributed by atoms with van der Waals surface area (Å²) >= 11 is 1.52. The van der Waals surface area contributed by atoms with E-state index in [-0.39, 0.29) is 12.5 Å². The van der Waals surface area contributed by atoms with Crippen LogP contribution in [0.2, 0.25) is 0 Å². The summed E-state index contributed by atoms with van der Waals surface area (Å²) in [5, 5.41) is 11.5. The molecule has 1 aromatic carbocycles. The van der Waals surface area contributed by atoms with Gasteiger partial charge in [0, 0.05) is 11.4 Å². The van der Waals surface area contributed by atoms with Gasteiger partial charge >= 0.3 is 5.97 Å². The molecular formula is C12H14N2O3S. The smallest absolute Gasteiger partial charge is 0.317 e. The standard InChI is InChI=1S/C12H14N2O3S/c1-14(6-12(16)17)5-8-2-3-10-9(4-8)13-11(15)7-18-10/h2-4H,5-7H2,1H3,(H,13,15)(H,16,17). The molecule has 18 heavy (non-hydrogen) atoms. The molecule has 96 valence electrons. The zero-order valence-electron chi connectivity index (χ0n) is 9.97. The second-order valence-corrected chi connectivity index (χ2v) is 5.25. The number of aliphatic carboxylic acids is 1. The molecule has 1 amide bonds. The predicted molar refractivity (Wildman–Crippen MR) is 69.8 cm³/mol. The maximum atomic E-state index is 11.3. The summed E-state index contributed by atoms with van der Waals surface area (Å²) in [6.45, 7) is 0.540. The Bertz CT molecular complexity index is 490. The number of thioether (sulfide) groups is 1. The van der Waals surface area contributed by atoms with Crippen molar-refractivity contribution in [3.05, 3.63) is 23.8 Å². The van der Waals surface area contributed by atoms with Gasteiger partial charge in [-0.15, -0.1) is 11.8 Å². The van der Waals surface area contributed by atoms with E-state index in [1.54, 1.807) is 11.9 Å². The van der Waals surface area contributed by atoms with Crippen LogP contribution in [0.1, 0.15) is 5.56 Å². The summed E-state index contributed by atoms with van der Waals surface area (Å²) < 4.78 is 0. The Morgan fingerprint density at radius 2 is 2.33 bits per heavy atom. The van der Waals surface area contributed by atoms with Gasteiger partial charge in [0.15, 0.2) is 0 Å². The maximum Gasteiger partial charge on any atom is 0.317 e. The third kappa shape index (κ3) is 3.24. The number of rotatable bonds is 4. The highest BCUT2D eigenvalue weighted by molar-refractivity contribution is 8.00. The van der Waals surface area contributed by atoms with Gasteiger partial charge in [-0.1, -0.05) is 6.07 Å². The Morgan fingerprint density at radius 3 is 3.06 bits per heavy atom. The zero-order valence-corrected chi connectivity index (χ0v) is 10.8. The minimum atomic E-state index is -0.848. The number of carbonyl (C=O) groups excluding carboxylic acids is 1. The number of likely N-dealkylation sites (N-methyl/N-ethyl adjacent to an activating group) is 1. The van der Waals surface area contributed by atoms with Crippen molar-refractivity contribution < 1.29 is 14.7 Å². The normalized spacial score (nSPS) is 14.2. The third-order valence-electron chi connectivity index (χ3n) is 2.53. The van der Waals surface area contributed by atoms with Gasteiger partial charge in [0.1, 0.15) is 0 Å². The maximum absolute atomic E-state index is 11.3. The molecule has 0 radical (unpaired) electrons. The number of amides is 1. The van der Waals surface area contributed by atoms with E-state index in [1.165, 1.54) is 11.8 Å². The van der Waals surface area contributed by atoms with Crippen LogP contribution in [0, 0.1) is 0 Å². The van der Waals surface area contributed by atoms with Crippen molar-refractivity contribution in [1.29, 1.82) is 0 Å². The van der Waals surface area contributed by atoms with Crippen LogP contribution in [-0.2, 0) is 16.1 Å². The monoisotopic (exact) mass is 266 g/mol. The van der Waals surface area contributed by atoms with Crippen LogP contribution in [0.4, 0.5) is 5.69 Å². The van der Waals surface area contributed by atoms with Crippen LogP contribution in [-0.4, -0.2) is 41.2 Å². The molecule has 0 bridgehead atoms. The average Bonchev–Trinajstić information content (AvgIpc) is 2.27. The van der Waals surface area contributed by atoms with Crippen molar-refractivity contribution in [2.45, 2.75) is 11.4 Å². The molecule has 0 spiro atoms. The van der Waals surface area contributed by atoms with Crippen molar-refractivity contribution in [2.24, 2.45) is 0 Å². The zero-order chi connectivity index (χ0) is 13.1. The van der Waals surface area contributed by atoms with E-state index in [9.17, 15) is 9.59 Å². The van der Waals surface area contributed by atoms with Gasteiger partial charge in [-0.3, -0.25) is 14.5 Å². The molecule has 0 saturated carbocycles. The van der Waals surface area contributed by atoms with E-state index < -0.39 is 5.97 Å². The first-order chi connectivity index (χ1) is 8.54. The molecule has 2 N–H and O–H groups in total. The van der Waals surface area contributed by atoms with E-state index in [0.717, 1.165) is 16.1 Å². The largest absolute Gasteiger partial charge is 0.480 e. The van der Waals surface area contributed by atoms with Gasteiger partial charge in [-0.25, -0.2) is 0 Å². The van der Waals surface area contributed by atoms with Crippen LogP contribution >= 0.6 is 11.8 Å². The van der Waals surface area contributed by atoms with Crippen LogP contribution in [0.3, 0.4) is 0 Å². The Balaban J connectivity index is 2.08. The van der Waals surface area contributed by atoms with Crippen LogP contribution in [0.15, 0.2) is 23.1 Å². The fourth-order valence-electron chi connectivity index (χ4n) is 1.83. The number of carboxylic acids is 1. The summed E-state index contributed by atoms with van der Waals surface area (Å²) in [6, 6.07) is 5.82. The fraction of sp³-hybridized carbons (Fsp3) is 0.333. The number of nitrogens with zero attached hydrogens (tertiary/aromatic N) is 1. The van der Waals surface area contributed by atoms with Crippen LogP contribution < -0.4 is 5.32 Å². The lowest BCUT2D eigenvalue weighted by atomic mass is 10.2. The Morgan fingerprint density at radius 1 is 1.56 bits per heavy atom. The molecule has 1 heterocycles. The number of carboxylic acid groups (broad SMARTS) is 1. The number of benzene rings is 1.